The molecule has 3 rings (SSSR count). The highest BCUT2D eigenvalue weighted by Gasteiger charge is 2.45. The molecule has 0 saturated heterocycles. The van der Waals surface area contributed by atoms with E-state index in [1.165, 1.54) is 31.9 Å². The van der Waals surface area contributed by atoms with Gasteiger partial charge in [-0.25, -0.2) is 8.42 Å². The molecule has 0 spiro atoms. The normalized spacial score (nSPS) is 44.4. The van der Waals surface area contributed by atoms with E-state index in [1.807, 2.05) is 0 Å². The maximum atomic E-state index is 11.7. The van der Waals surface area contributed by atoms with Crippen LogP contribution in [0, 0.1) is 23.7 Å². The van der Waals surface area contributed by atoms with Gasteiger partial charge in [-0.1, -0.05) is 12.8 Å². The van der Waals surface area contributed by atoms with Crippen LogP contribution in [0.1, 0.15) is 51.4 Å². The maximum Gasteiger partial charge on any atom is 0.150 e. The van der Waals surface area contributed by atoms with E-state index in [1.54, 1.807) is 0 Å². The minimum absolute atomic E-state index is 0.209. The third-order valence-corrected chi connectivity index (χ3v) is 7.63. The SMILES string of the molecule is CS(=O)(=O)C1CCCC(C(O)C2CC3CCC2C3)C1. The van der Waals surface area contributed by atoms with Crippen molar-refractivity contribution in [1.29, 1.82) is 0 Å². The van der Waals surface area contributed by atoms with Crippen LogP contribution in [0.2, 0.25) is 0 Å². The van der Waals surface area contributed by atoms with E-state index >= 15 is 0 Å². The van der Waals surface area contributed by atoms with Gasteiger partial charge in [-0.2, -0.15) is 0 Å². The minimum Gasteiger partial charge on any atom is -0.393 e. The van der Waals surface area contributed by atoms with Crippen molar-refractivity contribution in [2.75, 3.05) is 6.26 Å². The lowest BCUT2D eigenvalue weighted by molar-refractivity contribution is 0.0117. The predicted octanol–water partition coefficient (Wildman–Crippen LogP) is 2.39. The van der Waals surface area contributed by atoms with Crippen LogP contribution in [0.4, 0.5) is 0 Å². The van der Waals surface area contributed by atoms with E-state index in [9.17, 15) is 13.5 Å². The summed E-state index contributed by atoms with van der Waals surface area (Å²) in [4.78, 5) is 0. The van der Waals surface area contributed by atoms with Crippen molar-refractivity contribution in [2.45, 2.75) is 62.7 Å². The summed E-state index contributed by atoms with van der Waals surface area (Å²) in [7, 11) is -2.94. The molecule has 3 aliphatic rings. The van der Waals surface area contributed by atoms with E-state index in [2.05, 4.69) is 0 Å². The van der Waals surface area contributed by atoms with Gasteiger partial charge in [-0.3, -0.25) is 0 Å². The van der Waals surface area contributed by atoms with Crippen LogP contribution in [0.15, 0.2) is 0 Å². The molecular weight excluding hydrogens is 260 g/mol. The fourth-order valence-corrected chi connectivity index (χ4v) is 6.13. The summed E-state index contributed by atoms with van der Waals surface area (Å²) in [5.74, 6) is 2.25. The van der Waals surface area contributed by atoms with E-state index < -0.39 is 9.84 Å². The molecule has 0 aromatic carbocycles. The number of hydrogen-bond acceptors (Lipinski definition) is 3. The molecule has 2 bridgehead atoms. The molecule has 0 amide bonds. The van der Waals surface area contributed by atoms with Crippen LogP contribution in [-0.4, -0.2) is 31.1 Å². The highest BCUT2D eigenvalue weighted by atomic mass is 32.2. The van der Waals surface area contributed by atoms with E-state index in [4.69, 9.17) is 0 Å². The van der Waals surface area contributed by atoms with Crippen LogP contribution in [0.3, 0.4) is 0 Å². The zero-order valence-electron chi connectivity index (χ0n) is 11.8. The van der Waals surface area contributed by atoms with Crippen LogP contribution in [-0.2, 0) is 9.84 Å². The van der Waals surface area contributed by atoms with Crippen LogP contribution in [0.5, 0.6) is 0 Å². The topological polar surface area (TPSA) is 54.4 Å². The molecule has 110 valence electrons. The highest BCUT2D eigenvalue weighted by Crippen LogP contribution is 2.51. The van der Waals surface area contributed by atoms with Gasteiger partial charge in [0.1, 0.15) is 9.84 Å². The van der Waals surface area contributed by atoms with Crippen molar-refractivity contribution in [3.8, 4) is 0 Å². The van der Waals surface area contributed by atoms with Crippen molar-refractivity contribution in [2.24, 2.45) is 23.7 Å². The molecule has 0 aliphatic heterocycles. The third kappa shape index (κ3) is 2.71. The summed E-state index contributed by atoms with van der Waals surface area (Å²) in [6, 6.07) is 0. The fourth-order valence-electron chi connectivity index (χ4n) is 4.94. The smallest absolute Gasteiger partial charge is 0.150 e. The average Bonchev–Trinajstić information content (AvgIpc) is 2.99. The lowest BCUT2D eigenvalue weighted by atomic mass is 9.75. The van der Waals surface area contributed by atoms with Crippen molar-refractivity contribution in [3.05, 3.63) is 0 Å². The number of aliphatic hydroxyl groups is 1. The first-order chi connectivity index (χ1) is 8.95. The number of fused-ring (bicyclic) bond motifs is 2. The van der Waals surface area contributed by atoms with Crippen molar-refractivity contribution in [1.82, 2.24) is 0 Å². The molecular formula is C15H26O3S. The Kier molecular flexibility index (Phi) is 3.67. The molecule has 0 aromatic heterocycles. The Morgan fingerprint density at radius 1 is 1.05 bits per heavy atom. The van der Waals surface area contributed by atoms with Crippen LogP contribution < -0.4 is 0 Å². The summed E-state index contributed by atoms with van der Waals surface area (Å²) in [6.07, 6.45) is 9.69. The molecule has 0 heterocycles. The number of aliphatic hydroxyl groups excluding tert-OH is 1. The summed E-state index contributed by atoms with van der Waals surface area (Å²) in [6.45, 7) is 0. The zero-order valence-corrected chi connectivity index (χ0v) is 12.6. The molecule has 3 saturated carbocycles. The third-order valence-electron chi connectivity index (χ3n) is 5.99. The highest BCUT2D eigenvalue weighted by molar-refractivity contribution is 7.91. The van der Waals surface area contributed by atoms with Crippen molar-refractivity contribution in [3.63, 3.8) is 0 Å². The second kappa shape index (κ2) is 5.03. The van der Waals surface area contributed by atoms with Gasteiger partial charge in [-0.15, -0.1) is 0 Å². The Bertz CT molecular complexity index is 431. The Labute approximate surface area is 116 Å². The van der Waals surface area contributed by atoms with Gasteiger partial charge in [-0.05, 0) is 62.2 Å². The van der Waals surface area contributed by atoms with Gasteiger partial charge in [0.25, 0.3) is 0 Å². The number of rotatable bonds is 3. The lowest BCUT2D eigenvalue weighted by Crippen LogP contribution is -2.38. The first-order valence-electron chi connectivity index (χ1n) is 7.82. The molecule has 0 radical (unpaired) electrons. The zero-order chi connectivity index (χ0) is 13.6. The summed E-state index contributed by atoms with van der Waals surface area (Å²) < 4.78 is 23.4. The molecule has 6 atom stereocenters. The second-order valence-corrected chi connectivity index (χ2v) is 9.53. The van der Waals surface area contributed by atoms with Gasteiger partial charge in [0, 0.05) is 6.26 Å². The molecule has 3 aliphatic carbocycles. The number of sulfone groups is 1. The van der Waals surface area contributed by atoms with E-state index in [0.29, 0.717) is 12.3 Å². The van der Waals surface area contributed by atoms with Gasteiger partial charge in [0.2, 0.25) is 0 Å². The van der Waals surface area contributed by atoms with E-state index in [0.717, 1.165) is 31.1 Å². The monoisotopic (exact) mass is 286 g/mol. The maximum absolute atomic E-state index is 11.7. The van der Waals surface area contributed by atoms with Gasteiger partial charge in [0.15, 0.2) is 0 Å². The summed E-state index contributed by atoms with van der Waals surface area (Å²) in [5, 5.41) is 10.5. The first kappa shape index (κ1) is 13.9. The van der Waals surface area contributed by atoms with Gasteiger partial charge < -0.3 is 5.11 Å². The molecule has 3 nitrogen and oxygen atoms in total. The molecule has 6 unspecified atom stereocenters. The fraction of sp³-hybridized carbons (Fsp3) is 1.00. The predicted molar refractivity (Wildman–Crippen MR) is 75.5 cm³/mol. The van der Waals surface area contributed by atoms with Gasteiger partial charge >= 0.3 is 0 Å². The van der Waals surface area contributed by atoms with Crippen molar-refractivity contribution >= 4 is 9.84 Å². The summed E-state index contributed by atoms with van der Waals surface area (Å²) in [5.41, 5.74) is 0. The summed E-state index contributed by atoms with van der Waals surface area (Å²) >= 11 is 0. The average molecular weight is 286 g/mol. The quantitative estimate of drug-likeness (QED) is 0.866. The lowest BCUT2D eigenvalue weighted by Gasteiger charge is -2.36. The molecule has 1 N–H and O–H groups in total. The van der Waals surface area contributed by atoms with Gasteiger partial charge in [0.05, 0.1) is 11.4 Å². The second-order valence-electron chi connectivity index (χ2n) is 7.21. The Morgan fingerprint density at radius 2 is 1.84 bits per heavy atom. The number of hydrogen-bond donors (Lipinski definition) is 1. The van der Waals surface area contributed by atoms with Crippen LogP contribution >= 0.6 is 0 Å². The minimum atomic E-state index is -2.94. The van der Waals surface area contributed by atoms with Crippen molar-refractivity contribution < 1.29 is 13.5 Å². The first-order valence-corrected chi connectivity index (χ1v) is 9.77. The molecule has 19 heavy (non-hydrogen) atoms. The molecule has 4 heteroatoms. The largest absolute Gasteiger partial charge is 0.393 e. The molecule has 3 fully saturated rings. The van der Waals surface area contributed by atoms with E-state index in [-0.39, 0.29) is 17.3 Å². The Hall–Kier alpha value is -0.0900. The Balaban J connectivity index is 1.65. The Morgan fingerprint density at radius 3 is 2.42 bits per heavy atom. The molecule has 0 aromatic rings. The van der Waals surface area contributed by atoms with Crippen LogP contribution in [0.25, 0.3) is 0 Å². The standard InChI is InChI=1S/C15H26O3S/c1-19(17,18)13-4-2-3-12(9-13)15(16)14-8-10-5-6-11(14)7-10/h10-16H,2-9H2,1H3.